The van der Waals surface area contributed by atoms with Crippen LogP contribution in [0.2, 0.25) is 0 Å². The molecule has 31 heavy (non-hydrogen) atoms. The number of ether oxygens (including phenoxy) is 2. The van der Waals surface area contributed by atoms with E-state index in [-0.39, 0.29) is 13.2 Å². The van der Waals surface area contributed by atoms with Gasteiger partial charge in [-0.05, 0) is 73.0 Å². The fourth-order valence-corrected chi connectivity index (χ4v) is 3.79. The Kier molecular flexibility index (Phi) is 8.88. The third-order valence-corrected chi connectivity index (χ3v) is 5.83. The summed E-state index contributed by atoms with van der Waals surface area (Å²) >= 11 is 2.18. The predicted molar refractivity (Wildman–Crippen MR) is 128 cm³/mol. The normalized spacial score (nSPS) is 13.3. The van der Waals surface area contributed by atoms with Gasteiger partial charge in [0.15, 0.2) is 0 Å². The molecule has 1 unspecified atom stereocenters. The largest absolute Gasteiger partial charge is 0.481 e. The highest BCUT2D eigenvalue weighted by Crippen LogP contribution is 2.30. The van der Waals surface area contributed by atoms with Crippen molar-refractivity contribution in [2.24, 2.45) is 0 Å². The Morgan fingerprint density at radius 1 is 1.06 bits per heavy atom. The Labute approximate surface area is 197 Å². The summed E-state index contributed by atoms with van der Waals surface area (Å²) in [5, 5.41) is 9.85. The molecular weight excluding hydrogens is 509 g/mol. The number of benzene rings is 2. The molecule has 1 N–H and O–H groups in total. The number of rotatable bonds is 10. The second-order valence-electron chi connectivity index (χ2n) is 8.40. The quantitative estimate of drug-likeness (QED) is 0.426. The molecule has 0 saturated heterocycles. The number of halogens is 1. The molecule has 1 atom stereocenters. The second-order valence-corrected chi connectivity index (χ2v) is 9.65. The first kappa shape index (κ1) is 25.1. The molecule has 168 valence electrons. The number of amides is 1. The smallest absolute Gasteiger partial charge is 0.409 e. The van der Waals surface area contributed by atoms with E-state index < -0.39 is 23.1 Å². The standard InChI is InChI=1S/C24H30INO5/c1-23(2,17-26(4)22(29)30-16-18-9-6-5-7-10-18)31-14-13-24(3,21(27)28)19-11-8-12-20(25)15-19/h5-12,15H,13-14,16-17H2,1-4H3,(H,27,28). The van der Waals surface area contributed by atoms with Crippen LogP contribution in [0.3, 0.4) is 0 Å². The van der Waals surface area contributed by atoms with Gasteiger partial charge in [0.25, 0.3) is 0 Å². The molecule has 2 aromatic rings. The average Bonchev–Trinajstić information content (AvgIpc) is 2.72. The first-order chi connectivity index (χ1) is 14.5. The highest BCUT2D eigenvalue weighted by molar-refractivity contribution is 14.1. The van der Waals surface area contributed by atoms with Crippen molar-refractivity contribution in [3.8, 4) is 0 Å². The van der Waals surface area contributed by atoms with Gasteiger partial charge in [0, 0.05) is 17.2 Å². The van der Waals surface area contributed by atoms with Crippen LogP contribution in [-0.4, -0.2) is 47.9 Å². The molecule has 2 rings (SSSR count). The summed E-state index contributed by atoms with van der Waals surface area (Å²) in [6.45, 7) is 6.22. The van der Waals surface area contributed by atoms with Crippen molar-refractivity contribution in [3.05, 3.63) is 69.3 Å². The van der Waals surface area contributed by atoms with E-state index in [1.165, 1.54) is 4.90 Å². The lowest BCUT2D eigenvalue weighted by Gasteiger charge is -2.32. The zero-order chi connectivity index (χ0) is 23.1. The molecule has 0 aliphatic rings. The van der Waals surface area contributed by atoms with Crippen molar-refractivity contribution >= 4 is 34.7 Å². The number of aliphatic carboxylic acids is 1. The molecule has 2 aromatic carbocycles. The van der Waals surface area contributed by atoms with Gasteiger partial charge in [-0.25, -0.2) is 4.79 Å². The number of carbonyl (C=O) groups is 2. The van der Waals surface area contributed by atoms with Gasteiger partial charge in [0.05, 0.1) is 17.6 Å². The van der Waals surface area contributed by atoms with Gasteiger partial charge in [-0.15, -0.1) is 0 Å². The summed E-state index contributed by atoms with van der Waals surface area (Å²) in [5.74, 6) is -0.891. The van der Waals surface area contributed by atoms with E-state index in [9.17, 15) is 14.7 Å². The first-order valence-corrected chi connectivity index (χ1v) is 11.2. The van der Waals surface area contributed by atoms with Crippen LogP contribution < -0.4 is 0 Å². The van der Waals surface area contributed by atoms with E-state index in [0.29, 0.717) is 13.0 Å². The Morgan fingerprint density at radius 3 is 2.35 bits per heavy atom. The lowest BCUT2D eigenvalue weighted by Crippen LogP contribution is -2.43. The van der Waals surface area contributed by atoms with Crippen LogP contribution in [0.15, 0.2) is 54.6 Å². The van der Waals surface area contributed by atoms with E-state index in [4.69, 9.17) is 9.47 Å². The number of carbonyl (C=O) groups excluding carboxylic acids is 1. The van der Waals surface area contributed by atoms with Gasteiger partial charge in [0.2, 0.25) is 0 Å². The monoisotopic (exact) mass is 539 g/mol. The highest BCUT2D eigenvalue weighted by Gasteiger charge is 2.36. The lowest BCUT2D eigenvalue weighted by atomic mass is 9.80. The molecule has 0 aromatic heterocycles. The molecule has 0 radical (unpaired) electrons. The summed E-state index contributed by atoms with van der Waals surface area (Å²) in [6.07, 6.45) is -0.122. The molecule has 0 bridgehead atoms. The van der Waals surface area contributed by atoms with Gasteiger partial charge in [-0.2, -0.15) is 0 Å². The van der Waals surface area contributed by atoms with Crippen molar-refractivity contribution in [1.29, 1.82) is 0 Å². The number of likely N-dealkylation sites (N-methyl/N-ethyl adjacent to an activating group) is 1. The fraction of sp³-hybridized carbons (Fsp3) is 0.417. The molecule has 0 aliphatic heterocycles. The average molecular weight is 539 g/mol. The van der Waals surface area contributed by atoms with Gasteiger partial charge in [0.1, 0.15) is 6.61 Å². The Hall–Kier alpha value is -2.13. The number of carboxylic acid groups (broad SMARTS) is 1. The summed E-state index contributed by atoms with van der Waals surface area (Å²) in [7, 11) is 1.66. The van der Waals surface area contributed by atoms with E-state index in [1.807, 2.05) is 68.4 Å². The van der Waals surface area contributed by atoms with Crippen molar-refractivity contribution in [2.45, 2.75) is 44.8 Å². The number of carboxylic acids is 1. The van der Waals surface area contributed by atoms with Gasteiger partial charge >= 0.3 is 12.1 Å². The molecule has 6 nitrogen and oxygen atoms in total. The maximum Gasteiger partial charge on any atom is 0.409 e. The molecule has 0 saturated carbocycles. The Bertz CT molecular complexity index is 887. The molecular formula is C24H30INO5. The lowest BCUT2D eigenvalue weighted by molar-refractivity contribution is -0.144. The number of hydrogen-bond acceptors (Lipinski definition) is 4. The van der Waals surface area contributed by atoms with Crippen LogP contribution in [0, 0.1) is 3.57 Å². The minimum atomic E-state index is -1.06. The fourth-order valence-electron chi connectivity index (χ4n) is 3.25. The third-order valence-electron chi connectivity index (χ3n) is 5.16. The zero-order valence-corrected chi connectivity index (χ0v) is 20.6. The topological polar surface area (TPSA) is 76.1 Å². The third kappa shape index (κ3) is 7.50. The summed E-state index contributed by atoms with van der Waals surface area (Å²) in [4.78, 5) is 25.8. The molecule has 1 amide bonds. The van der Waals surface area contributed by atoms with Crippen molar-refractivity contribution in [1.82, 2.24) is 4.90 Å². The highest BCUT2D eigenvalue weighted by atomic mass is 127. The molecule has 0 aliphatic carbocycles. The van der Waals surface area contributed by atoms with E-state index in [0.717, 1.165) is 14.7 Å². The molecule has 7 heteroatoms. The van der Waals surface area contributed by atoms with Crippen LogP contribution in [0.25, 0.3) is 0 Å². The zero-order valence-electron chi connectivity index (χ0n) is 18.4. The minimum absolute atomic E-state index is 0.206. The first-order valence-electron chi connectivity index (χ1n) is 10.1. The maximum atomic E-state index is 12.3. The van der Waals surface area contributed by atoms with Crippen LogP contribution in [0.1, 0.15) is 38.3 Å². The van der Waals surface area contributed by atoms with Gasteiger partial charge in [-0.3, -0.25) is 4.79 Å². The SMILES string of the molecule is CN(CC(C)(C)OCCC(C)(C(=O)O)c1cccc(I)c1)C(=O)OCc1ccccc1. The van der Waals surface area contributed by atoms with Crippen LogP contribution >= 0.6 is 22.6 Å². The summed E-state index contributed by atoms with van der Waals surface area (Å²) < 4.78 is 12.3. The van der Waals surface area contributed by atoms with E-state index in [2.05, 4.69) is 22.6 Å². The summed E-state index contributed by atoms with van der Waals surface area (Å²) in [6, 6.07) is 17.0. The maximum absolute atomic E-state index is 12.3. The van der Waals surface area contributed by atoms with Crippen LogP contribution in [0.4, 0.5) is 4.79 Å². The van der Waals surface area contributed by atoms with Crippen molar-refractivity contribution in [3.63, 3.8) is 0 Å². The molecule has 0 fully saturated rings. The second kappa shape index (κ2) is 10.9. The Balaban J connectivity index is 1.89. The number of nitrogens with zero attached hydrogens (tertiary/aromatic N) is 1. The molecule has 0 spiro atoms. The Morgan fingerprint density at radius 2 is 1.74 bits per heavy atom. The number of hydrogen-bond donors (Lipinski definition) is 1. The molecule has 0 heterocycles. The van der Waals surface area contributed by atoms with Gasteiger partial charge < -0.3 is 19.5 Å². The van der Waals surface area contributed by atoms with Crippen LogP contribution in [-0.2, 0) is 26.3 Å². The predicted octanol–water partition coefficient (Wildman–Crippen LogP) is 5.09. The van der Waals surface area contributed by atoms with E-state index >= 15 is 0 Å². The minimum Gasteiger partial charge on any atom is -0.481 e. The summed E-state index contributed by atoms with van der Waals surface area (Å²) in [5.41, 5.74) is -0.0544. The van der Waals surface area contributed by atoms with E-state index in [1.54, 1.807) is 14.0 Å². The van der Waals surface area contributed by atoms with Crippen molar-refractivity contribution in [2.75, 3.05) is 20.2 Å². The van der Waals surface area contributed by atoms with Crippen molar-refractivity contribution < 1.29 is 24.2 Å². The van der Waals surface area contributed by atoms with Crippen LogP contribution in [0.5, 0.6) is 0 Å². The van der Waals surface area contributed by atoms with Gasteiger partial charge in [-0.1, -0.05) is 42.5 Å².